The van der Waals surface area contributed by atoms with E-state index in [1.165, 1.54) is 12.7 Å². The van der Waals surface area contributed by atoms with Crippen LogP contribution in [0.5, 0.6) is 0 Å². The monoisotopic (exact) mass is 296 g/mol. The van der Waals surface area contributed by atoms with Gasteiger partial charge in [0, 0.05) is 24.8 Å². The normalized spacial score (nSPS) is 14.7. The Kier molecular flexibility index (Phi) is 4.32. The lowest BCUT2D eigenvalue weighted by Crippen LogP contribution is -2.36. The summed E-state index contributed by atoms with van der Waals surface area (Å²) in [6.07, 6.45) is 4.79. The Morgan fingerprint density at radius 3 is 2.68 bits per heavy atom. The van der Waals surface area contributed by atoms with Crippen LogP contribution in [0.15, 0.2) is 36.7 Å². The van der Waals surface area contributed by atoms with Gasteiger partial charge in [-0.15, -0.1) is 0 Å². The Labute approximate surface area is 130 Å². The van der Waals surface area contributed by atoms with E-state index < -0.39 is 0 Å². The lowest BCUT2D eigenvalue weighted by Gasteiger charge is -2.26. The van der Waals surface area contributed by atoms with Crippen molar-refractivity contribution in [3.05, 3.63) is 47.9 Å². The van der Waals surface area contributed by atoms with Gasteiger partial charge in [0.25, 0.3) is 5.91 Å². The molecule has 0 saturated carbocycles. The molecule has 1 aliphatic rings. The van der Waals surface area contributed by atoms with Crippen LogP contribution in [0.3, 0.4) is 0 Å². The first kappa shape index (κ1) is 14.5. The molecule has 114 valence electrons. The van der Waals surface area contributed by atoms with E-state index in [0.717, 1.165) is 37.2 Å². The number of amides is 1. The first-order valence-corrected chi connectivity index (χ1v) is 7.68. The topological polar surface area (TPSA) is 58.1 Å². The summed E-state index contributed by atoms with van der Waals surface area (Å²) < 4.78 is 0. The number of rotatable bonds is 3. The first-order valence-electron chi connectivity index (χ1n) is 7.68. The maximum Gasteiger partial charge on any atom is 0.272 e. The molecule has 0 atom stereocenters. The summed E-state index contributed by atoms with van der Waals surface area (Å²) in [5.74, 6) is 0.639. The van der Waals surface area contributed by atoms with E-state index in [0.29, 0.717) is 11.5 Å². The maximum atomic E-state index is 12.5. The van der Waals surface area contributed by atoms with Crippen LogP contribution in [0.4, 0.5) is 11.5 Å². The van der Waals surface area contributed by atoms with Gasteiger partial charge in [0.2, 0.25) is 0 Å². The third kappa shape index (κ3) is 3.24. The van der Waals surface area contributed by atoms with Gasteiger partial charge in [-0.2, -0.15) is 0 Å². The highest BCUT2D eigenvalue weighted by Crippen LogP contribution is 2.19. The highest BCUT2D eigenvalue weighted by molar-refractivity contribution is 5.93. The number of nitrogens with zero attached hydrogens (tertiary/aromatic N) is 3. The Morgan fingerprint density at radius 2 is 1.91 bits per heavy atom. The number of benzene rings is 1. The molecule has 1 aromatic heterocycles. The number of para-hydroxylation sites is 1. The first-order chi connectivity index (χ1) is 10.7. The molecule has 5 heteroatoms. The average Bonchev–Trinajstić information content (AvgIpc) is 2.57. The van der Waals surface area contributed by atoms with Crippen molar-refractivity contribution in [1.29, 1.82) is 0 Å². The van der Waals surface area contributed by atoms with Gasteiger partial charge in [0.15, 0.2) is 0 Å². The Morgan fingerprint density at radius 1 is 1.14 bits per heavy atom. The molecule has 3 rings (SSSR count). The van der Waals surface area contributed by atoms with Crippen LogP contribution in [0.1, 0.15) is 35.3 Å². The van der Waals surface area contributed by atoms with Crippen molar-refractivity contribution in [3.63, 3.8) is 0 Å². The predicted molar refractivity (Wildman–Crippen MR) is 86.2 cm³/mol. The summed E-state index contributed by atoms with van der Waals surface area (Å²) in [7, 11) is 0. The van der Waals surface area contributed by atoms with Gasteiger partial charge in [-0.1, -0.05) is 18.2 Å². The van der Waals surface area contributed by atoms with Crippen LogP contribution in [0.25, 0.3) is 0 Å². The number of likely N-dealkylation sites (tertiary alicyclic amines) is 1. The minimum atomic E-state index is -0.00469. The molecular weight excluding hydrogens is 276 g/mol. The molecule has 0 unspecified atom stereocenters. The van der Waals surface area contributed by atoms with E-state index >= 15 is 0 Å². The molecule has 1 fully saturated rings. The number of piperidine rings is 1. The molecule has 0 spiro atoms. The Balaban J connectivity index is 1.77. The quantitative estimate of drug-likeness (QED) is 0.945. The van der Waals surface area contributed by atoms with E-state index in [1.54, 1.807) is 6.07 Å². The van der Waals surface area contributed by atoms with Crippen LogP contribution >= 0.6 is 0 Å². The minimum Gasteiger partial charge on any atom is -0.340 e. The van der Waals surface area contributed by atoms with E-state index in [-0.39, 0.29) is 5.91 Å². The lowest BCUT2D eigenvalue weighted by molar-refractivity contribution is 0.0718. The molecule has 0 radical (unpaired) electrons. The zero-order chi connectivity index (χ0) is 15.4. The summed E-state index contributed by atoms with van der Waals surface area (Å²) in [6.45, 7) is 3.68. The van der Waals surface area contributed by atoms with Gasteiger partial charge in [-0.3, -0.25) is 4.79 Å². The number of aryl methyl sites for hydroxylation is 1. The van der Waals surface area contributed by atoms with Crippen molar-refractivity contribution in [2.75, 3.05) is 18.4 Å². The zero-order valence-corrected chi connectivity index (χ0v) is 12.7. The highest BCUT2D eigenvalue weighted by Gasteiger charge is 2.19. The smallest absolute Gasteiger partial charge is 0.272 e. The SMILES string of the molecule is Cc1ccccc1Nc1cc(C(=O)N2CCCCC2)ncn1. The second kappa shape index (κ2) is 6.56. The van der Waals surface area contributed by atoms with Crippen molar-refractivity contribution >= 4 is 17.4 Å². The van der Waals surface area contributed by atoms with Crippen molar-refractivity contribution in [2.45, 2.75) is 26.2 Å². The second-order valence-corrected chi connectivity index (χ2v) is 5.58. The highest BCUT2D eigenvalue weighted by atomic mass is 16.2. The summed E-state index contributed by atoms with van der Waals surface area (Å²) in [5, 5.41) is 3.25. The fraction of sp³-hybridized carbons (Fsp3) is 0.353. The number of carbonyl (C=O) groups is 1. The largest absolute Gasteiger partial charge is 0.340 e. The number of nitrogens with one attached hydrogen (secondary N) is 1. The molecule has 0 aliphatic carbocycles. The molecular formula is C17H20N4O. The molecule has 2 heterocycles. The van der Waals surface area contributed by atoms with E-state index in [2.05, 4.69) is 15.3 Å². The third-order valence-electron chi connectivity index (χ3n) is 3.94. The summed E-state index contributed by atoms with van der Waals surface area (Å²) in [5.41, 5.74) is 2.57. The van der Waals surface area contributed by atoms with Gasteiger partial charge in [-0.25, -0.2) is 9.97 Å². The van der Waals surface area contributed by atoms with E-state index in [9.17, 15) is 4.79 Å². The molecule has 22 heavy (non-hydrogen) atoms. The fourth-order valence-corrected chi connectivity index (χ4v) is 2.65. The van der Waals surface area contributed by atoms with E-state index in [4.69, 9.17) is 0 Å². The van der Waals surface area contributed by atoms with Gasteiger partial charge in [0.1, 0.15) is 17.8 Å². The Hall–Kier alpha value is -2.43. The van der Waals surface area contributed by atoms with Crippen LogP contribution < -0.4 is 5.32 Å². The number of anilines is 2. The fourth-order valence-electron chi connectivity index (χ4n) is 2.65. The van der Waals surface area contributed by atoms with Crippen LogP contribution in [-0.4, -0.2) is 33.9 Å². The summed E-state index contributed by atoms with van der Waals surface area (Å²) in [4.78, 5) is 22.7. The van der Waals surface area contributed by atoms with Crippen molar-refractivity contribution in [3.8, 4) is 0 Å². The number of hydrogen-bond donors (Lipinski definition) is 1. The van der Waals surface area contributed by atoms with Gasteiger partial charge >= 0.3 is 0 Å². The van der Waals surface area contributed by atoms with Crippen LogP contribution in [-0.2, 0) is 0 Å². The molecule has 5 nitrogen and oxygen atoms in total. The zero-order valence-electron chi connectivity index (χ0n) is 12.7. The van der Waals surface area contributed by atoms with Crippen molar-refractivity contribution in [1.82, 2.24) is 14.9 Å². The molecule has 1 amide bonds. The van der Waals surface area contributed by atoms with Gasteiger partial charge in [-0.05, 0) is 37.8 Å². The summed E-state index contributed by atoms with van der Waals surface area (Å²) in [6, 6.07) is 9.71. The number of aromatic nitrogens is 2. The Bertz CT molecular complexity index is 665. The second-order valence-electron chi connectivity index (χ2n) is 5.58. The maximum absolute atomic E-state index is 12.5. The third-order valence-corrected chi connectivity index (χ3v) is 3.94. The molecule has 1 aromatic carbocycles. The molecule has 1 N–H and O–H groups in total. The van der Waals surface area contributed by atoms with Gasteiger partial charge < -0.3 is 10.2 Å². The minimum absolute atomic E-state index is 0.00469. The molecule has 2 aromatic rings. The lowest BCUT2D eigenvalue weighted by atomic mass is 10.1. The van der Waals surface area contributed by atoms with Crippen molar-refractivity contribution < 1.29 is 4.79 Å². The predicted octanol–water partition coefficient (Wildman–Crippen LogP) is 3.15. The molecule has 1 aliphatic heterocycles. The van der Waals surface area contributed by atoms with Crippen molar-refractivity contribution in [2.24, 2.45) is 0 Å². The van der Waals surface area contributed by atoms with E-state index in [1.807, 2.05) is 36.1 Å². The van der Waals surface area contributed by atoms with Crippen LogP contribution in [0, 0.1) is 6.92 Å². The molecule has 1 saturated heterocycles. The van der Waals surface area contributed by atoms with Gasteiger partial charge in [0.05, 0.1) is 0 Å². The van der Waals surface area contributed by atoms with Crippen LogP contribution in [0.2, 0.25) is 0 Å². The average molecular weight is 296 g/mol. The standard InChI is InChI=1S/C17H20N4O/c1-13-7-3-4-8-14(13)20-16-11-15(18-12-19-16)17(22)21-9-5-2-6-10-21/h3-4,7-8,11-12H,2,5-6,9-10H2,1H3,(H,18,19,20). The molecule has 0 bridgehead atoms. The number of carbonyl (C=O) groups excluding carboxylic acids is 1. The summed E-state index contributed by atoms with van der Waals surface area (Å²) >= 11 is 0. The number of hydrogen-bond acceptors (Lipinski definition) is 4.